The first-order chi connectivity index (χ1) is 11.2. The number of rotatable bonds is 4. The van der Waals surface area contributed by atoms with Gasteiger partial charge in [0.25, 0.3) is 5.91 Å². The molecule has 0 spiro atoms. The van der Waals surface area contributed by atoms with Gasteiger partial charge in [-0.05, 0) is 69.5 Å². The summed E-state index contributed by atoms with van der Waals surface area (Å²) < 4.78 is 2.81. The lowest BCUT2D eigenvalue weighted by Gasteiger charge is -2.06. The zero-order chi connectivity index (χ0) is 15.8. The Morgan fingerprint density at radius 3 is 2.74 bits per heavy atom. The Balaban J connectivity index is 1.51. The SMILES string of the molecule is O=C(Nc1ccc(-c2nnnn2C2CC2)cc1)c1csc(Br)c1. The number of benzene rings is 1. The summed E-state index contributed by atoms with van der Waals surface area (Å²) in [6, 6.07) is 9.80. The van der Waals surface area contributed by atoms with Crippen LogP contribution in [0.4, 0.5) is 5.69 Å². The second-order valence-corrected chi connectivity index (χ2v) is 7.64. The second-order valence-electron chi connectivity index (χ2n) is 5.35. The van der Waals surface area contributed by atoms with Gasteiger partial charge in [-0.2, -0.15) is 0 Å². The van der Waals surface area contributed by atoms with E-state index in [4.69, 9.17) is 0 Å². The molecular weight excluding hydrogens is 378 g/mol. The number of aromatic nitrogens is 4. The maximum atomic E-state index is 12.1. The van der Waals surface area contributed by atoms with Gasteiger partial charge in [0.1, 0.15) is 0 Å². The van der Waals surface area contributed by atoms with Crippen molar-refractivity contribution in [2.45, 2.75) is 18.9 Å². The van der Waals surface area contributed by atoms with Gasteiger partial charge in [-0.25, -0.2) is 4.68 Å². The van der Waals surface area contributed by atoms with Gasteiger partial charge < -0.3 is 5.32 Å². The highest BCUT2D eigenvalue weighted by molar-refractivity contribution is 9.11. The summed E-state index contributed by atoms with van der Waals surface area (Å²) in [5.74, 6) is 0.648. The summed E-state index contributed by atoms with van der Waals surface area (Å²) in [5.41, 5.74) is 2.33. The van der Waals surface area contributed by atoms with E-state index in [1.54, 1.807) is 6.07 Å². The molecule has 1 N–H and O–H groups in total. The Labute approximate surface area is 144 Å². The molecule has 0 bridgehead atoms. The zero-order valence-electron chi connectivity index (χ0n) is 11.9. The van der Waals surface area contributed by atoms with E-state index in [2.05, 4.69) is 36.8 Å². The van der Waals surface area contributed by atoms with Crippen molar-refractivity contribution in [3.05, 3.63) is 45.1 Å². The van der Waals surface area contributed by atoms with Gasteiger partial charge in [-0.3, -0.25) is 4.79 Å². The zero-order valence-corrected chi connectivity index (χ0v) is 14.3. The first-order valence-corrected chi connectivity index (χ1v) is 8.81. The normalized spacial score (nSPS) is 14.0. The van der Waals surface area contributed by atoms with E-state index in [9.17, 15) is 4.79 Å². The number of thiophene rings is 1. The maximum Gasteiger partial charge on any atom is 0.256 e. The molecular formula is C15H12BrN5OS. The minimum absolute atomic E-state index is 0.123. The largest absolute Gasteiger partial charge is 0.322 e. The third kappa shape index (κ3) is 3.04. The van der Waals surface area contributed by atoms with E-state index in [1.165, 1.54) is 11.3 Å². The van der Waals surface area contributed by atoms with Crippen LogP contribution < -0.4 is 5.32 Å². The fourth-order valence-corrected chi connectivity index (χ4v) is 3.42. The Bertz CT molecular complexity index is 853. The van der Waals surface area contributed by atoms with Crippen LogP contribution in [0.5, 0.6) is 0 Å². The van der Waals surface area contributed by atoms with Gasteiger partial charge in [0.2, 0.25) is 0 Å². The summed E-state index contributed by atoms with van der Waals surface area (Å²) in [5, 5.41) is 16.6. The van der Waals surface area contributed by atoms with Crippen molar-refractivity contribution in [3.63, 3.8) is 0 Å². The van der Waals surface area contributed by atoms with Crippen LogP contribution in [0.2, 0.25) is 0 Å². The Morgan fingerprint density at radius 2 is 2.09 bits per heavy atom. The molecule has 0 atom stereocenters. The average molecular weight is 390 g/mol. The number of tetrazole rings is 1. The van der Waals surface area contributed by atoms with E-state index >= 15 is 0 Å². The number of carbonyl (C=O) groups is 1. The highest BCUT2D eigenvalue weighted by atomic mass is 79.9. The van der Waals surface area contributed by atoms with E-state index in [0.717, 1.165) is 33.7 Å². The first kappa shape index (κ1) is 14.5. The van der Waals surface area contributed by atoms with Gasteiger partial charge in [-0.15, -0.1) is 16.4 Å². The number of anilines is 1. The fourth-order valence-electron chi connectivity index (χ4n) is 2.28. The Kier molecular flexibility index (Phi) is 3.70. The van der Waals surface area contributed by atoms with E-state index in [0.29, 0.717) is 11.6 Å². The summed E-state index contributed by atoms with van der Waals surface area (Å²) in [6.45, 7) is 0. The average Bonchev–Trinajstić information content (AvgIpc) is 3.11. The molecule has 1 saturated carbocycles. The molecule has 2 aromatic heterocycles. The predicted molar refractivity (Wildman–Crippen MR) is 91.5 cm³/mol. The summed E-state index contributed by atoms with van der Waals surface area (Å²) in [6.07, 6.45) is 2.25. The third-order valence-electron chi connectivity index (χ3n) is 3.62. The van der Waals surface area contributed by atoms with Crippen LogP contribution in [-0.2, 0) is 0 Å². The van der Waals surface area contributed by atoms with Crippen molar-refractivity contribution in [2.75, 3.05) is 5.32 Å². The topological polar surface area (TPSA) is 72.7 Å². The second kappa shape index (κ2) is 5.86. The lowest BCUT2D eigenvalue weighted by molar-refractivity contribution is 0.102. The van der Waals surface area contributed by atoms with Crippen LogP contribution in [-0.4, -0.2) is 26.1 Å². The van der Waals surface area contributed by atoms with Crippen molar-refractivity contribution in [1.82, 2.24) is 20.2 Å². The van der Waals surface area contributed by atoms with Crippen molar-refractivity contribution < 1.29 is 4.79 Å². The lowest BCUT2D eigenvalue weighted by Crippen LogP contribution is -2.10. The summed E-state index contributed by atoms with van der Waals surface area (Å²) >= 11 is 4.84. The lowest BCUT2D eigenvalue weighted by atomic mass is 10.2. The van der Waals surface area contributed by atoms with E-state index < -0.39 is 0 Å². The molecule has 3 aromatic rings. The molecule has 6 nitrogen and oxygen atoms in total. The predicted octanol–water partition coefficient (Wildman–Crippen LogP) is 3.75. The fraction of sp³-hybridized carbons (Fsp3) is 0.200. The number of amides is 1. The monoisotopic (exact) mass is 389 g/mol. The van der Waals surface area contributed by atoms with Crippen LogP contribution in [0.25, 0.3) is 11.4 Å². The molecule has 116 valence electrons. The molecule has 1 fully saturated rings. The smallest absolute Gasteiger partial charge is 0.256 e. The molecule has 0 saturated heterocycles. The number of carbonyl (C=O) groups excluding carboxylic acids is 1. The van der Waals surface area contributed by atoms with Crippen molar-refractivity contribution in [1.29, 1.82) is 0 Å². The standard InChI is InChI=1S/C15H12BrN5OS/c16-13-7-10(8-23-13)15(22)17-11-3-1-9(2-4-11)14-18-19-20-21(14)12-5-6-12/h1-4,7-8,12H,5-6H2,(H,17,22). The molecule has 8 heteroatoms. The number of hydrogen-bond donors (Lipinski definition) is 1. The minimum Gasteiger partial charge on any atom is -0.322 e. The van der Waals surface area contributed by atoms with Crippen molar-refractivity contribution >= 4 is 38.9 Å². The maximum absolute atomic E-state index is 12.1. The number of halogens is 1. The number of nitrogens with zero attached hydrogens (tertiary/aromatic N) is 4. The van der Waals surface area contributed by atoms with Gasteiger partial charge >= 0.3 is 0 Å². The van der Waals surface area contributed by atoms with Crippen LogP contribution in [0, 0.1) is 0 Å². The molecule has 0 aliphatic heterocycles. The molecule has 0 radical (unpaired) electrons. The molecule has 2 heterocycles. The number of nitrogens with one attached hydrogen (secondary N) is 1. The molecule has 1 aliphatic carbocycles. The van der Waals surface area contributed by atoms with Crippen LogP contribution in [0.1, 0.15) is 29.2 Å². The summed E-state index contributed by atoms with van der Waals surface area (Å²) in [4.78, 5) is 12.1. The summed E-state index contributed by atoms with van der Waals surface area (Å²) in [7, 11) is 0. The van der Waals surface area contributed by atoms with Gasteiger partial charge in [0.05, 0.1) is 15.4 Å². The Hall–Kier alpha value is -2.06. The highest BCUT2D eigenvalue weighted by Crippen LogP contribution is 2.36. The quantitative estimate of drug-likeness (QED) is 0.737. The molecule has 1 amide bonds. The Morgan fingerprint density at radius 1 is 1.30 bits per heavy atom. The molecule has 23 heavy (non-hydrogen) atoms. The highest BCUT2D eigenvalue weighted by Gasteiger charge is 2.28. The number of hydrogen-bond acceptors (Lipinski definition) is 5. The molecule has 0 unspecified atom stereocenters. The van der Waals surface area contributed by atoms with Gasteiger partial charge in [-0.1, -0.05) is 0 Å². The molecule has 1 aromatic carbocycles. The van der Waals surface area contributed by atoms with Crippen molar-refractivity contribution in [3.8, 4) is 11.4 Å². The van der Waals surface area contributed by atoms with Crippen LogP contribution >= 0.6 is 27.3 Å². The molecule has 4 rings (SSSR count). The third-order valence-corrected chi connectivity index (χ3v) is 5.12. The molecule has 1 aliphatic rings. The van der Waals surface area contributed by atoms with E-state index in [-0.39, 0.29) is 5.91 Å². The first-order valence-electron chi connectivity index (χ1n) is 7.14. The minimum atomic E-state index is -0.123. The van der Waals surface area contributed by atoms with Crippen LogP contribution in [0.15, 0.2) is 39.5 Å². The van der Waals surface area contributed by atoms with E-state index in [1.807, 2.05) is 34.3 Å². The van der Waals surface area contributed by atoms with Crippen LogP contribution in [0.3, 0.4) is 0 Å². The van der Waals surface area contributed by atoms with Crippen molar-refractivity contribution in [2.24, 2.45) is 0 Å². The van der Waals surface area contributed by atoms with Gasteiger partial charge in [0.15, 0.2) is 5.82 Å². The van der Waals surface area contributed by atoms with Gasteiger partial charge in [0, 0.05) is 16.6 Å².